The van der Waals surface area contributed by atoms with Crippen molar-refractivity contribution >= 4 is 39.8 Å². The van der Waals surface area contributed by atoms with Crippen LogP contribution >= 0.6 is 11.3 Å². The minimum Gasteiger partial charge on any atom is -0.319 e. The molecule has 0 unspecified atom stereocenters. The van der Waals surface area contributed by atoms with Crippen LogP contribution in [0.4, 0.5) is 4.79 Å². The van der Waals surface area contributed by atoms with Crippen LogP contribution in [0.25, 0.3) is 10.8 Å². The lowest BCUT2D eigenvalue weighted by Gasteiger charge is -2.31. The molecule has 1 saturated heterocycles. The Hall–Kier alpha value is -2.99. The van der Waals surface area contributed by atoms with E-state index in [0.29, 0.717) is 12.0 Å². The first-order valence-corrected chi connectivity index (χ1v) is 10.2. The van der Waals surface area contributed by atoms with Gasteiger partial charge in [-0.25, -0.2) is 4.79 Å². The molecule has 0 bridgehead atoms. The number of hydrogen-bond donors (Lipinski definition) is 1. The lowest BCUT2D eigenvalue weighted by atomic mass is 9.80. The van der Waals surface area contributed by atoms with E-state index in [1.165, 1.54) is 0 Å². The third-order valence-electron chi connectivity index (χ3n) is 5.71. The Labute approximate surface area is 166 Å². The highest BCUT2D eigenvalue weighted by Crippen LogP contribution is 2.42. The molecule has 3 amide bonds. The van der Waals surface area contributed by atoms with E-state index in [9.17, 15) is 14.4 Å². The number of nitrogens with one attached hydrogen (secondary N) is 1. The van der Waals surface area contributed by atoms with Gasteiger partial charge >= 0.3 is 6.03 Å². The van der Waals surface area contributed by atoms with Crippen molar-refractivity contribution in [2.24, 2.45) is 0 Å². The molecule has 2 heterocycles. The summed E-state index contributed by atoms with van der Waals surface area (Å²) in [5.41, 5.74) is 0.386. The lowest BCUT2D eigenvalue weighted by molar-refractivity contribution is -0.131. The average molecular weight is 390 g/mol. The maximum absolute atomic E-state index is 13.2. The standard InChI is InChI=1S/C22H18N2O3S/c25-18(16-8-7-14-4-1-2-5-15(14)12-16)13-24-20(26)22(23-21(24)27)10-3-6-19-17(22)9-11-28-19/h1-2,4-5,7-9,11-12H,3,6,10,13H2,(H,23,27)/t22-/m0/s1. The van der Waals surface area contributed by atoms with Crippen LogP contribution in [0.15, 0.2) is 53.9 Å². The summed E-state index contributed by atoms with van der Waals surface area (Å²) >= 11 is 1.61. The quantitative estimate of drug-likeness (QED) is 0.545. The van der Waals surface area contributed by atoms with Gasteiger partial charge in [-0.05, 0) is 47.5 Å². The van der Waals surface area contributed by atoms with Crippen molar-refractivity contribution < 1.29 is 14.4 Å². The van der Waals surface area contributed by atoms with Crippen molar-refractivity contribution in [3.8, 4) is 0 Å². The molecule has 28 heavy (non-hydrogen) atoms. The van der Waals surface area contributed by atoms with Gasteiger partial charge in [0.15, 0.2) is 5.78 Å². The summed E-state index contributed by atoms with van der Waals surface area (Å²) in [7, 11) is 0. The normalized spacial score (nSPS) is 21.2. The van der Waals surface area contributed by atoms with Gasteiger partial charge in [-0.15, -0.1) is 11.3 Å². The Kier molecular flexibility index (Phi) is 3.84. The number of nitrogens with zero attached hydrogens (tertiary/aromatic N) is 1. The predicted octanol–water partition coefficient (Wildman–Crippen LogP) is 3.87. The second-order valence-electron chi connectivity index (χ2n) is 7.32. The van der Waals surface area contributed by atoms with Crippen molar-refractivity contribution in [3.05, 3.63) is 69.9 Å². The van der Waals surface area contributed by atoms with Crippen molar-refractivity contribution in [2.45, 2.75) is 24.8 Å². The molecule has 3 aromatic rings. The number of hydrogen-bond acceptors (Lipinski definition) is 4. The second-order valence-corrected chi connectivity index (χ2v) is 8.32. The van der Waals surface area contributed by atoms with Crippen LogP contribution in [0, 0.1) is 0 Å². The molecule has 5 rings (SSSR count). The Bertz CT molecular complexity index is 1140. The first-order chi connectivity index (χ1) is 13.6. The Morgan fingerprint density at radius 1 is 1.11 bits per heavy atom. The number of urea groups is 1. The number of thiophene rings is 1. The van der Waals surface area contributed by atoms with Crippen LogP contribution in [-0.4, -0.2) is 29.2 Å². The van der Waals surface area contributed by atoms with Gasteiger partial charge in [0.1, 0.15) is 5.54 Å². The maximum atomic E-state index is 13.2. The van der Waals surface area contributed by atoms with E-state index in [2.05, 4.69) is 5.32 Å². The van der Waals surface area contributed by atoms with Gasteiger partial charge in [-0.3, -0.25) is 14.5 Å². The van der Waals surface area contributed by atoms with Crippen molar-refractivity contribution in [1.82, 2.24) is 10.2 Å². The summed E-state index contributed by atoms with van der Waals surface area (Å²) in [5.74, 6) is -0.557. The summed E-state index contributed by atoms with van der Waals surface area (Å²) in [6.45, 7) is -0.246. The Balaban J connectivity index is 1.43. The van der Waals surface area contributed by atoms with Crippen LogP contribution in [0.3, 0.4) is 0 Å². The summed E-state index contributed by atoms with van der Waals surface area (Å²) in [6.07, 6.45) is 2.34. The maximum Gasteiger partial charge on any atom is 0.325 e. The first kappa shape index (κ1) is 17.1. The molecule has 1 N–H and O–H groups in total. The topological polar surface area (TPSA) is 66.5 Å². The van der Waals surface area contributed by atoms with Gasteiger partial charge in [0, 0.05) is 16.0 Å². The van der Waals surface area contributed by atoms with Crippen molar-refractivity contribution in [2.75, 3.05) is 6.54 Å². The minimum atomic E-state index is -1.01. The van der Waals surface area contributed by atoms with Gasteiger partial charge < -0.3 is 5.32 Å². The highest BCUT2D eigenvalue weighted by atomic mass is 32.1. The van der Waals surface area contributed by atoms with E-state index in [4.69, 9.17) is 0 Å². The highest BCUT2D eigenvalue weighted by molar-refractivity contribution is 7.10. The molecule has 1 atom stereocenters. The van der Waals surface area contributed by atoms with Gasteiger partial charge in [-0.1, -0.05) is 36.4 Å². The van der Waals surface area contributed by atoms with Crippen LogP contribution < -0.4 is 5.32 Å². The van der Waals surface area contributed by atoms with Crippen LogP contribution in [0.2, 0.25) is 0 Å². The summed E-state index contributed by atoms with van der Waals surface area (Å²) in [5, 5.41) is 6.85. The van der Waals surface area contributed by atoms with Crippen LogP contribution in [0.1, 0.15) is 33.6 Å². The van der Waals surface area contributed by atoms with Crippen LogP contribution in [-0.2, 0) is 16.8 Å². The van der Waals surface area contributed by atoms with Crippen molar-refractivity contribution in [1.29, 1.82) is 0 Å². The Morgan fingerprint density at radius 3 is 2.79 bits per heavy atom. The zero-order chi connectivity index (χ0) is 19.3. The van der Waals surface area contributed by atoms with E-state index in [-0.39, 0.29) is 18.2 Å². The molecule has 1 aliphatic carbocycles. The van der Waals surface area contributed by atoms with E-state index in [1.807, 2.05) is 47.8 Å². The fraction of sp³-hybridized carbons (Fsp3) is 0.227. The summed E-state index contributed by atoms with van der Waals surface area (Å²) in [6, 6.07) is 14.7. The minimum absolute atomic E-state index is 0.243. The number of carbonyl (C=O) groups excluding carboxylic acids is 3. The second kappa shape index (κ2) is 6.27. The molecule has 5 nitrogen and oxygen atoms in total. The predicted molar refractivity (Wildman–Crippen MR) is 107 cm³/mol. The summed E-state index contributed by atoms with van der Waals surface area (Å²) < 4.78 is 0. The molecule has 6 heteroatoms. The number of aryl methyl sites for hydroxylation is 1. The van der Waals surface area contributed by atoms with E-state index < -0.39 is 11.6 Å². The molecular formula is C22H18N2O3S. The largest absolute Gasteiger partial charge is 0.325 e. The van der Waals surface area contributed by atoms with E-state index in [0.717, 1.165) is 39.0 Å². The molecule has 2 aromatic carbocycles. The summed E-state index contributed by atoms with van der Waals surface area (Å²) in [4.78, 5) is 40.9. The number of rotatable bonds is 3. The number of carbonyl (C=O) groups is 3. The van der Waals surface area contributed by atoms with E-state index >= 15 is 0 Å². The first-order valence-electron chi connectivity index (χ1n) is 9.31. The molecule has 1 aliphatic heterocycles. The van der Waals surface area contributed by atoms with Gasteiger partial charge in [0.25, 0.3) is 5.91 Å². The number of amides is 3. The zero-order valence-corrected chi connectivity index (χ0v) is 15.9. The zero-order valence-electron chi connectivity index (χ0n) is 15.1. The van der Waals surface area contributed by atoms with E-state index in [1.54, 1.807) is 17.4 Å². The van der Waals surface area contributed by atoms with Crippen LogP contribution in [0.5, 0.6) is 0 Å². The van der Waals surface area contributed by atoms with Gasteiger partial charge in [-0.2, -0.15) is 0 Å². The highest BCUT2D eigenvalue weighted by Gasteiger charge is 2.54. The molecule has 140 valence electrons. The number of imide groups is 1. The molecule has 2 aliphatic rings. The SMILES string of the molecule is O=C(CN1C(=O)N[C@]2(CCCc3sccc32)C1=O)c1ccc2ccccc2c1. The monoisotopic (exact) mass is 390 g/mol. The average Bonchev–Trinajstić information content (AvgIpc) is 3.28. The molecule has 0 saturated carbocycles. The fourth-order valence-corrected chi connectivity index (χ4v) is 5.28. The molecule has 1 spiro atoms. The lowest BCUT2D eigenvalue weighted by Crippen LogP contribution is -2.46. The number of fused-ring (bicyclic) bond motifs is 3. The number of benzene rings is 2. The third-order valence-corrected chi connectivity index (χ3v) is 6.69. The number of ketones is 1. The fourth-order valence-electron chi connectivity index (χ4n) is 4.28. The smallest absolute Gasteiger partial charge is 0.319 e. The molecule has 0 radical (unpaired) electrons. The van der Waals surface area contributed by atoms with Gasteiger partial charge in [0.2, 0.25) is 0 Å². The Morgan fingerprint density at radius 2 is 1.93 bits per heavy atom. The molecule has 1 fully saturated rings. The van der Waals surface area contributed by atoms with Gasteiger partial charge in [0.05, 0.1) is 6.54 Å². The molecule has 1 aromatic heterocycles. The number of Topliss-reactive ketones (excluding diaryl/α,β-unsaturated/α-hetero) is 1. The van der Waals surface area contributed by atoms with Crippen molar-refractivity contribution in [3.63, 3.8) is 0 Å². The third kappa shape index (κ3) is 2.48. The molecular weight excluding hydrogens is 372 g/mol.